The molecule has 152 valence electrons. The molecule has 0 radical (unpaired) electrons. The molecule has 0 atom stereocenters. The highest BCUT2D eigenvalue weighted by Crippen LogP contribution is 2.23. The Bertz CT molecular complexity index is 1290. The molecule has 0 aliphatic carbocycles. The predicted molar refractivity (Wildman–Crippen MR) is 113 cm³/mol. The average Bonchev–Trinajstić information content (AvgIpc) is 3.12. The zero-order valence-corrected chi connectivity index (χ0v) is 17.0. The van der Waals surface area contributed by atoms with Gasteiger partial charge in [0.1, 0.15) is 5.82 Å². The minimum Gasteiger partial charge on any atom is -0.351 e. The van der Waals surface area contributed by atoms with E-state index in [0.717, 1.165) is 17.3 Å². The van der Waals surface area contributed by atoms with E-state index in [2.05, 4.69) is 20.4 Å². The van der Waals surface area contributed by atoms with Crippen LogP contribution in [-0.4, -0.2) is 31.2 Å². The van der Waals surface area contributed by atoms with Crippen molar-refractivity contribution in [3.63, 3.8) is 0 Å². The summed E-state index contributed by atoms with van der Waals surface area (Å²) in [6.45, 7) is 0.291. The first-order valence-electron chi connectivity index (χ1n) is 8.89. The maximum absolute atomic E-state index is 14.2. The van der Waals surface area contributed by atoms with E-state index in [0.29, 0.717) is 16.7 Å². The van der Waals surface area contributed by atoms with Gasteiger partial charge in [0.2, 0.25) is 5.91 Å². The Kier molecular flexibility index (Phi) is 5.82. The summed E-state index contributed by atoms with van der Waals surface area (Å²) in [4.78, 5) is 32.7. The van der Waals surface area contributed by atoms with Gasteiger partial charge in [-0.2, -0.15) is 0 Å². The number of fused-ring (bicyclic) bond motifs is 1. The third-order valence-corrected chi connectivity index (χ3v) is 5.51. The van der Waals surface area contributed by atoms with Gasteiger partial charge in [-0.15, -0.1) is 0 Å². The average molecular weight is 444 g/mol. The van der Waals surface area contributed by atoms with Crippen molar-refractivity contribution >= 4 is 34.9 Å². The number of H-pyrrole nitrogens is 1. The van der Waals surface area contributed by atoms with E-state index >= 15 is 0 Å². The summed E-state index contributed by atoms with van der Waals surface area (Å²) in [5, 5.41) is 6.26. The van der Waals surface area contributed by atoms with E-state index in [4.69, 9.17) is 11.6 Å². The molecule has 7 nitrogen and oxygen atoms in total. The van der Waals surface area contributed by atoms with Crippen molar-refractivity contribution in [2.45, 2.75) is 11.7 Å². The SMILES string of the molecule is O=C(CSc1nc(-c2ccccc2F)nc2cc(=O)[nH]n12)NCc1ccccc1Cl. The van der Waals surface area contributed by atoms with E-state index in [1.165, 1.54) is 16.6 Å². The Morgan fingerprint density at radius 1 is 1.17 bits per heavy atom. The van der Waals surface area contributed by atoms with Crippen LogP contribution in [0.25, 0.3) is 17.0 Å². The molecule has 0 saturated carbocycles. The minimum atomic E-state index is -0.479. The topological polar surface area (TPSA) is 92.2 Å². The fourth-order valence-corrected chi connectivity index (χ4v) is 3.74. The van der Waals surface area contributed by atoms with Crippen molar-refractivity contribution in [3.8, 4) is 11.4 Å². The van der Waals surface area contributed by atoms with Crippen molar-refractivity contribution in [3.05, 3.63) is 81.4 Å². The van der Waals surface area contributed by atoms with Crippen LogP contribution < -0.4 is 10.9 Å². The molecule has 30 heavy (non-hydrogen) atoms. The smallest absolute Gasteiger partial charge is 0.266 e. The second kappa shape index (κ2) is 8.68. The third-order valence-electron chi connectivity index (χ3n) is 4.21. The van der Waals surface area contributed by atoms with Crippen molar-refractivity contribution in [1.82, 2.24) is 24.9 Å². The number of amides is 1. The molecule has 0 spiro atoms. The maximum atomic E-state index is 14.2. The van der Waals surface area contributed by atoms with Crippen LogP contribution >= 0.6 is 23.4 Å². The Hall–Kier alpha value is -3.17. The van der Waals surface area contributed by atoms with E-state index < -0.39 is 5.82 Å². The molecule has 10 heteroatoms. The van der Waals surface area contributed by atoms with Crippen LogP contribution in [-0.2, 0) is 11.3 Å². The van der Waals surface area contributed by atoms with Crippen molar-refractivity contribution in [1.29, 1.82) is 0 Å². The van der Waals surface area contributed by atoms with Crippen molar-refractivity contribution < 1.29 is 9.18 Å². The molecule has 2 heterocycles. The number of nitrogens with zero attached hydrogens (tertiary/aromatic N) is 3. The van der Waals surface area contributed by atoms with Crippen LogP contribution in [0.3, 0.4) is 0 Å². The number of nitrogens with one attached hydrogen (secondary N) is 2. The second-order valence-electron chi connectivity index (χ2n) is 6.28. The Labute approximate surface area is 179 Å². The third kappa shape index (κ3) is 4.37. The number of aromatic nitrogens is 4. The molecular weight excluding hydrogens is 429 g/mol. The van der Waals surface area contributed by atoms with Gasteiger partial charge in [-0.1, -0.05) is 53.7 Å². The lowest BCUT2D eigenvalue weighted by atomic mass is 10.2. The van der Waals surface area contributed by atoms with Crippen LogP contribution in [0, 0.1) is 5.82 Å². The van der Waals surface area contributed by atoms with E-state index in [1.54, 1.807) is 24.3 Å². The van der Waals surface area contributed by atoms with Gasteiger partial charge in [0, 0.05) is 17.6 Å². The Morgan fingerprint density at radius 2 is 1.93 bits per heavy atom. The van der Waals surface area contributed by atoms with Gasteiger partial charge in [-0.05, 0) is 23.8 Å². The summed E-state index contributed by atoms with van der Waals surface area (Å²) in [5.41, 5.74) is 0.921. The number of hydrogen-bond donors (Lipinski definition) is 2. The molecule has 4 aromatic rings. The molecule has 0 saturated heterocycles. The fraction of sp³-hybridized carbons (Fsp3) is 0.100. The number of hydrogen-bond acceptors (Lipinski definition) is 5. The second-order valence-corrected chi connectivity index (χ2v) is 7.63. The van der Waals surface area contributed by atoms with Gasteiger partial charge in [-0.25, -0.2) is 18.9 Å². The van der Waals surface area contributed by atoms with E-state index in [1.807, 2.05) is 18.2 Å². The monoisotopic (exact) mass is 443 g/mol. The fourth-order valence-electron chi connectivity index (χ4n) is 2.76. The first kappa shape index (κ1) is 20.1. The van der Waals surface area contributed by atoms with Gasteiger partial charge < -0.3 is 5.32 Å². The molecule has 2 N–H and O–H groups in total. The zero-order valence-electron chi connectivity index (χ0n) is 15.4. The van der Waals surface area contributed by atoms with Gasteiger partial charge >= 0.3 is 0 Å². The largest absolute Gasteiger partial charge is 0.351 e. The number of thioether (sulfide) groups is 1. The normalized spacial score (nSPS) is 11.0. The molecule has 1 amide bonds. The molecule has 0 aliphatic heterocycles. The summed E-state index contributed by atoms with van der Waals surface area (Å²) in [5.74, 6) is -0.555. The van der Waals surface area contributed by atoms with Crippen molar-refractivity contribution in [2.24, 2.45) is 0 Å². The number of aromatic amines is 1. The maximum Gasteiger partial charge on any atom is 0.266 e. The highest BCUT2D eigenvalue weighted by molar-refractivity contribution is 7.99. The molecule has 2 aromatic heterocycles. The number of benzene rings is 2. The lowest BCUT2D eigenvalue weighted by Gasteiger charge is -2.09. The van der Waals surface area contributed by atoms with Crippen LogP contribution in [0.15, 0.2) is 64.5 Å². The number of carbonyl (C=O) groups excluding carboxylic acids is 1. The van der Waals surface area contributed by atoms with Crippen LogP contribution in [0.2, 0.25) is 5.02 Å². The molecule has 0 fully saturated rings. The molecule has 0 aliphatic rings. The highest BCUT2D eigenvalue weighted by Gasteiger charge is 2.15. The summed E-state index contributed by atoms with van der Waals surface area (Å²) >= 11 is 7.20. The molecule has 0 bridgehead atoms. The summed E-state index contributed by atoms with van der Waals surface area (Å²) in [6, 6.07) is 14.6. The van der Waals surface area contributed by atoms with Gasteiger partial charge in [0.25, 0.3) is 5.56 Å². The molecule has 4 rings (SSSR count). The van der Waals surface area contributed by atoms with Crippen LogP contribution in [0.4, 0.5) is 4.39 Å². The summed E-state index contributed by atoms with van der Waals surface area (Å²) < 4.78 is 15.6. The summed E-state index contributed by atoms with van der Waals surface area (Å²) in [7, 11) is 0. The number of halogens is 2. The van der Waals surface area contributed by atoms with Gasteiger partial charge in [0.15, 0.2) is 16.6 Å². The minimum absolute atomic E-state index is 0.0352. The van der Waals surface area contributed by atoms with Gasteiger partial charge in [-0.3, -0.25) is 14.7 Å². The predicted octanol–water partition coefficient (Wildman–Crippen LogP) is 3.29. The first-order chi connectivity index (χ1) is 14.5. The first-order valence-corrected chi connectivity index (χ1v) is 10.3. The Balaban J connectivity index is 1.54. The van der Waals surface area contributed by atoms with E-state index in [9.17, 15) is 14.0 Å². The Morgan fingerprint density at radius 3 is 2.73 bits per heavy atom. The summed E-state index contributed by atoms with van der Waals surface area (Å²) in [6.07, 6.45) is 0. The zero-order chi connectivity index (χ0) is 21.1. The van der Waals surface area contributed by atoms with E-state index in [-0.39, 0.29) is 34.3 Å². The molecule has 2 aromatic carbocycles. The van der Waals surface area contributed by atoms with Crippen LogP contribution in [0.5, 0.6) is 0 Å². The van der Waals surface area contributed by atoms with Gasteiger partial charge in [0.05, 0.1) is 11.3 Å². The van der Waals surface area contributed by atoms with Crippen LogP contribution in [0.1, 0.15) is 5.56 Å². The number of carbonyl (C=O) groups is 1. The highest BCUT2D eigenvalue weighted by atomic mass is 35.5. The molecular formula is C20H15ClFN5O2S. The lowest BCUT2D eigenvalue weighted by Crippen LogP contribution is -2.25. The lowest BCUT2D eigenvalue weighted by molar-refractivity contribution is -0.118. The number of rotatable bonds is 6. The standard InChI is InChI=1S/C20H15ClFN5O2S/c21-14-7-3-1-5-12(14)10-23-18(29)11-30-20-25-19(13-6-2-4-8-15(13)22)24-16-9-17(28)26-27(16)20/h1-9H,10-11H2,(H,23,29)(H,26,28). The quantitative estimate of drug-likeness (QED) is 0.446. The molecule has 0 unspecified atom stereocenters. The van der Waals surface area contributed by atoms with Crippen molar-refractivity contribution in [2.75, 3.05) is 5.75 Å².